The first-order valence-electron chi connectivity index (χ1n) is 5.83. The molecule has 0 spiro atoms. The molecule has 1 rings (SSSR count). The molecule has 0 aliphatic heterocycles. The molecule has 5 heteroatoms. The number of nitrogens with one attached hydrogen (secondary N) is 1. The lowest BCUT2D eigenvalue weighted by Gasteiger charge is -2.15. The molecule has 100 valence electrons. The van der Waals surface area contributed by atoms with E-state index in [1.807, 2.05) is 37.3 Å². The molecule has 0 amide bonds. The normalized spacial score (nSPS) is 15.9. The van der Waals surface area contributed by atoms with Gasteiger partial charge in [0.05, 0.1) is 5.92 Å². The summed E-state index contributed by atoms with van der Waals surface area (Å²) in [6.07, 6.45) is 1.65. The Balaban J connectivity index is 2.55. The highest BCUT2D eigenvalue weighted by molar-refractivity contribution is 7.84. The number of carboxylic acids is 1. The van der Waals surface area contributed by atoms with Crippen LogP contribution in [0.3, 0.4) is 0 Å². The smallest absolute Gasteiger partial charge is 0.312 e. The highest BCUT2D eigenvalue weighted by Crippen LogP contribution is 2.14. The van der Waals surface area contributed by atoms with E-state index in [1.54, 1.807) is 6.26 Å². The van der Waals surface area contributed by atoms with Gasteiger partial charge in [-0.3, -0.25) is 9.00 Å². The van der Waals surface area contributed by atoms with Gasteiger partial charge in [-0.05, 0) is 12.5 Å². The molecule has 0 radical (unpaired) electrons. The predicted octanol–water partition coefficient (Wildman–Crippen LogP) is 1.21. The third-order valence-corrected chi connectivity index (χ3v) is 4.15. The molecular formula is C13H19NO3S. The van der Waals surface area contributed by atoms with E-state index in [4.69, 9.17) is 0 Å². The van der Waals surface area contributed by atoms with Crippen molar-refractivity contribution in [1.29, 1.82) is 0 Å². The SMILES string of the molecule is CC(CNCC(C(=O)O)c1ccccc1)S(C)=O. The van der Waals surface area contributed by atoms with E-state index in [2.05, 4.69) is 5.32 Å². The summed E-state index contributed by atoms with van der Waals surface area (Å²) in [4.78, 5) is 11.2. The van der Waals surface area contributed by atoms with Crippen molar-refractivity contribution >= 4 is 16.8 Å². The van der Waals surface area contributed by atoms with Crippen molar-refractivity contribution < 1.29 is 14.1 Å². The van der Waals surface area contributed by atoms with E-state index in [1.165, 1.54) is 0 Å². The van der Waals surface area contributed by atoms with Gasteiger partial charge >= 0.3 is 5.97 Å². The third-order valence-electron chi connectivity index (χ3n) is 2.85. The molecule has 0 aromatic heterocycles. The van der Waals surface area contributed by atoms with E-state index >= 15 is 0 Å². The summed E-state index contributed by atoms with van der Waals surface area (Å²) in [5, 5.41) is 12.3. The fourth-order valence-electron chi connectivity index (χ4n) is 1.58. The molecule has 1 aromatic rings. The molecule has 0 aliphatic rings. The number of hydrogen-bond donors (Lipinski definition) is 2. The number of benzene rings is 1. The van der Waals surface area contributed by atoms with Crippen LogP contribution in [0.5, 0.6) is 0 Å². The minimum absolute atomic E-state index is 0.0234. The largest absolute Gasteiger partial charge is 0.481 e. The van der Waals surface area contributed by atoms with Crippen LogP contribution in [-0.2, 0) is 15.6 Å². The Hall–Kier alpha value is -1.20. The highest BCUT2D eigenvalue weighted by atomic mass is 32.2. The Morgan fingerprint density at radius 1 is 1.33 bits per heavy atom. The van der Waals surface area contributed by atoms with E-state index in [-0.39, 0.29) is 5.25 Å². The molecule has 0 heterocycles. The average molecular weight is 269 g/mol. The zero-order chi connectivity index (χ0) is 13.5. The summed E-state index contributed by atoms with van der Waals surface area (Å²) in [5.74, 6) is -1.41. The van der Waals surface area contributed by atoms with Gasteiger partial charge in [-0.15, -0.1) is 0 Å². The zero-order valence-electron chi connectivity index (χ0n) is 10.6. The number of aliphatic carboxylic acids is 1. The molecule has 0 aliphatic carbocycles. The minimum Gasteiger partial charge on any atom is -0.481 e. The topological polar surface area (TPSA) is 66.4 Å². The van der Waals surface area contributed by atoms with Crippen molar-refractivity contribution in [2.24, 2.45) is 0 Å². The molecule has 0 saturated heterocycles. The Kier molecular flexibility index (Phi) is 6.01. The van der Waals surface area contributed by atoms with Crippen LogP contribution in [0.2, 0.25) is 0 Å². The van der Waals surface area contributed by atoms with Gasteiger partial charge in [-0.25, -0.2) is 0 Å². The van der Waals surface area contributed by atoms with Gasteiger partial charge in [0.2, 0.25) is 0 Å². The van der Waals surface area contributed by atoms with Gasteiger partial charge in [-0.2, -0.15) is 0 Å². The minimum atomic E-state index is -0.890. The van der Waals surface area contributed by atoms with Gasteiger partial charge in [-0.1, -0.05) is 30.3 Å². The van der Waals surface area contributed by atoms with Crippen LogP contribution in [0.4, 0.5) is 0 Å². The van der Waals surface area contributed by atoms with Gasteiger partial charge in [0.25, 0.3) is 0 Å². The number of rotatable bonds is 7. The molecule has 2 N–H and O–H groups in total. The van der Waals surface area contributed by atoms with Crippen molar-refractivity contribution in [3.05, 3.63) is 35.9 Å². The predicted molar refractivity (Wildman–Crippen MR) is 73.2 cm³/mol. The number of carboxylic acid groups (broad SMARTS) is 1. The van der Waals surface area contributed by atoms with Crippen LogP contribution in [-0.4, -0.2) is 39.9 Å². The standard InChI is InChI=1S/C13H19NO3S/c1-10(18(2)17)8-14-9-12(13(15)16)11-6-4-3-5-7-11/h3-7,10,12,14H,8-9H2,1-2H3,(H,15,16). The molecular weight excluding hydrogens is 250 g/mol. The van der Waals surface area contributed by atoms with E-state index in [0.29, 0.717) is 13.1 Å². The van der Waals surface area contributed by atoms with Crippen LogP contribution < -0.4 is 5.32 Å². The summed E-state index contributed by atoms with van der Waals surface area (Å²) in [5.41, 5.74) is 0.780. The maximum Gasteiger partial charge on any atom is 0.312 e. The van der Waals surface area contributed by atoms with Crippen molar-refractivity contribution in [3.63, 3.8) is 0 Å². The monoisotopic (exact) mass is 269 g/mol. The van der Waals surface area contributed by atoms with Crippen LogP contribution in [0.25, 0.3) is 0 Å². The van der Waals surface area contributed by atoms with Gasteiger partial charge in [0.1, 0.15) is 0 Å². The molecule has 3 unspecified atom stereocenters. The molecule has 0 fully saturated rings. The summed E-state index contributed by atoms with van der Waals surface area (Å²) in [6, 6.07) is 9.13. The second-order valence-electron chi connectivity index (χ2n) is 4.27. The fourth-order valence-corrected chi connectivity index (χ4v) is 1.93. The zero-order valence-corrected chi connectivity index (χ0v) is 11.4. The molecule has 4 nitrogen and oxygen atoms in total. The van der Waals surface area contributed by atoms with Crippen LogP contribution >= 0.6 is 0 Å². The number of hydrogen-bond acceptors (Lipinski definition) is 3. The van der Waals surface area contributed by atoms with Gasteiger partial charge in [0.15, 0.2) is 0 Å². The first kappa shape index (κ1) is 14.9. The summed E-state index contributed by atoms with van der Waals surface area (Å²) < 4.78 is 11.2. The van der Waals surface area contributed by atoms with E-state index in [9.17, 15) is 14.1 Å². The van der Waals surface area contributed by atoms with Crippen molar-refractivity contribution in [2.75, 3.05) is 19.3 Å². The fraction of sp³-hybridized carbons (Fsp3) is 0.462. The number of carbonyl (C=O) groups is 1. The second kappa shape index (κ2) is 7.28. The van der Waals surface area contributed by atoms with Crippen molar-refractivity contribution in [2.45, 2.75) is 18.1 Å². The summed E-state index contributed by atoms with van der Waals surface area (Å²) >= 11 is 0. The van der Waals surface area contributed by atoms with Crippen LogP contribution in [0.15, 0.2) is 30.3 Å². The Morgan fingerprint density at radius 3 is 2.44 bits per heavy atom. The average Bonchev–Trinajstić information content (AvgIpc) is 2.34. The Morgan fingerprint density at radius 2 is 1.94 bits per heavy atom. The van der Waals surface area contributed by atoms with Crippen molar-refractivity contribution in [3.8, 4) is 0 Å². The van der Waals surface area contributed by atoms with Gasteiger partial charge in [0, 0.05) is 35.4 Å². The van der Waals surface area contributed by atoms with Crippen LogP contribution in [0.1, 0.15) is 18.4 Å². The van der Waals surface area contributed by atoms with Gasteiger partial charge < -0.3 is 10.4 Å². The maximum atomic E-state index is 11.2. The van der Waals surface area contributed by atoms with Crippen LogP contribution in [0, 0.1) is 0 Å². The summed E-state index contributed by atoms with van der Waals surface area (Å²) in [7, 11) is -0.890. The third kappa shape index (κ3) is 4.58. The summed E-state index contributed by atoms with van der Waals surface area (Å²) in [6.45, 7) is 2.78. The molecule has 0 saturated carbocycles. The van der Waals surface area contributed by atoms with E-state index in [0.717, 1.165) is 5.56 Å². The lowest BCUT2D eigenvalue weighted by Crippen LogP contribution is -2.33. The molecule has 3 atom stereocenters. The quantitative estimate of drug-likeness (QED) is 0.781. The molecule has 18 heavy (non-hydrogen) atoms. The molecule has 0 bridgehead atoms. The second-order valence-corrected chi connectivity index (χ2v) is 6.07. The van der Waals surface area contributed by atoms with Crippen molar-refractivity contribution in [1.82, 2.24) is 5.32 Å². The first-order chi connectivity index (χ1) is 8.52. The maximum absolute atomic E-state index is 11.2. The highest BCUT2D eigenvalue weighted by Gasteiger charge is 2.19. The lowest BCUT2D eigenvalue weighted by molar-refractivity contribution is -0.138. The van der Waals surface area contributed by atoms with E-state index < -0.39 is 22.7 Å². The Labute approximate surface area is 110 Å². The Bertz CT molecular complexity index is 408. The first-order valence-corrected chi connectivity index (χ1v) is 7.45. The molecule has 1 aromatic carbocycles. The lowest BCUT2D eigenvalue weighted by atomic mass is 9.99.